The van der Waals surface area contributed by atoms with Crippen LogP contribution < -0.4 is 0 Å². The molecule has 1 aromatic carbocycles. The zero-order valence-corrected chi connectivity index (χ0v) is 11.3. The average Bonchev–Trinajstić information content (AvgIpc) is 2.40. The molecule has 2 atom stereocenters. The van der Waals surface area contributed by atoms with Crippen LogP contribution in [0, 0.1) is 5.92 Å². The molecule has 98 valence electrons. The molecular weight excluding hydrogens is 224 g/mol. The highest BCUT2D eigenvalue weighted by molar-refractivity contribution is 5.83. The van der Waals surface area contributed by atoms with Crippen LogP contribution in [0.2, 0.25) is 0 Å². The van der Waals surface area contributed by atoms with E-state index in [4.69, 9.17) is 4.74 Å². The number of carbonyl (C=O) groups is 1. The molecule has 1 aromatic rings. The largest absolute Gasteiger partial charge is 0.375 e. The number of Topliss-reactive ketones (excluding diaryl/α,β-unsaturated/α-hetero) is 1. The van der Waals surface area contributed by atoms with E-state index in [0.29, 0.717) is 12.2 Å². The van der Waals surface area contributed by atoms with Crippen molar-refractivity contribution in [2.45, 2.75) is 45.1 Å². The first-order valence-corrected chi connectivity index (χ1v) is 6.83. The van der Waals surface area contributed by atoms with Gasteiger partial charge in [-0.05, 0) is 31.7 Å². The van der Waals surface area contributed by atoms with E-state index in [1.54, 1.807) is 0 Å². The van der Waals surface area contributed by atoms with Gasteiger partial charge in [0.15, 0.2) is 0 Å². The maximum atomic E-state index is 12.3. The number of carbonyl (C=O) groups excluding carboxylic acids is 1. The highest BCUT2D eigenvalue weighted by atomic mass is 16.5. The molecule has 1 saturated heterocycles. The van der Waals surface area contributed by atoms with Gasteiger partial charge in [-0.2, -0.15) is 0 Å². The van der Waals surface area contributed by atoms with Crippen LogP contribution in [0.25, 0.3) is 0 Å². The Bertz CT molecular complexity index is 399. The minimum atomic E-state index is -0.102. The van der Waals surface area contributed by atoms with Gasteiger partial charge in [-0.1, -0.05) is 37.3 Å². The maximum Gasteiger partial charge on any atom is 0.140 e. The van der Waals surface area contributed by atoms with Gasteiger partial charge >= 0.3 is 0 Å². The molecule has 2 nitrogen and oxygen atoms in total. The van der Waals surface area contributed by atoms with Gasteiger partial charge in [0.2, 0.25) is 0 Å². The van der Waals surface area contributed by atoms with Crippen LogP contribution in [0.3, 0.4) is 0 Å². The minimum absolute atomic E-state index is 0.102. The van der Waals surface area contributed by atoms with E-state index < -0.39 is 0 Å². The molecule has 1 fully saturated rings. The van der Waals surface area contributed by atoms with Gasteiger partial charge < -0.3 is 4.74 Å². The molecule has 0 bridgehead atoms. The standard InChI is InChI=1S/C16H22O2/c1-3-16(2)12-14(9-10-18-16)15(17)11-13-7-5-4-6-8-13/h4-8,14H,3,9-12H2,1-2H3/t14-,16-/m1/s1. The summed E-state index contributed by atoms with van der Waals surface area (Å²) in [7, 11) is 0. The van der Waals surface area contributed by atoms with Crippen molar-refractivity contribution >= 4 is 5.78 Å². The monoisotopic (exact) mass is 246 g/mol. The number of rotatable bonds is 4. The Kier molecular flexibility index (Phi) is 4.18. The Hall–Kier alpha value is -1.15. The lowest BCUT2D eigenvalue weighted by Gasteiger charge is -2.37. The predicted octanol–water partition coefficient (Wildman–Crippen LogP) is 3.39. The van der Waals surface area contributed by atoms with E-state index in [1.165, 1.54) is 0 Å². The highest BCUT2D eigenvalue weighted by Crippen LogP contribution is 2.32. The van der Waals surface area contributed by atoms with Crippen molar-refractivity contribution in [1.82, 2.24) is 0 Å². The fourth-order valence-electron chi connectivity index (χ4n) is 2.59. The van der Waals surface area contributed by atoms with Gasteiger partial charge in [-0.15, -0.1) is 0 Å². The summed E-state index contributed by atoms with van der Waals surface area (Å²) in [5, 5.41) is 0. The molecule has 0 spiro atoms. The van der Waals surface area contributed by atoms with Gasteiger partial charge in [0.05, 0.1) is 5.60 Å². The molecule has 1 aliphatic rings. The second-order valence-corrected chi connectivity index (χ2v) is 5.47. The van der Waals surface area contributed by atoms with E-state index in [0.717, 1.165) is 31.4 Å². The topological polar surface area (TPSA) is 26.3 Å². The summed E-state index contributed by atoms with van der Waals surface area (Å²) in [5.41, 5.74) is 1.02. The van der Waals surface area contributed by atoms with Crippen molar-refractivity contribution in [2.75, 3.05) is 6.61 Å². The Morgan fingerprint density at radius 1 is 1.39 bits per heavy atom. The van der Waals surface area contributed by atoms with Crippen LogP contribution in [-0.4, -0.2) is 18.0 Å². The first kappa shape index (κ1) is 13.3. The quantitative estimate of drug-likeness (QED) is 0.814. The third-order valence-electron chi connectivity index (χ3n) is 4.02. The molecule has 0 aliphatic carbocycles. The zero-order chi connectivity index (χ0) is 13.0. The van der Waals surface area contributed by atoms with Crippen LogP contribution in [0.15, 0.2) is 30.3 Å². The first-order chi connectivity index (χ1) is 8.63. The fraction of sp³-hybridized carbons (Fsp3) is 0.562. The van der Waals surface area contributed by atoms with E-state index in [-0.39, 0.29) is 11.5 Å². The number of ketones is 1. The van der Waals surface area contributed by atoms with Gasteiger partial charge in [0.1, 0.15) is 5.78 Å². The summed E-state index contributed by atoms with van der Waals surface area (Å²) in [6.45, 7) is 4.97. The second-order valence-electron chi connectivity index (χ2n) is 5.47. The van der Waals surface area contributed by atoms with Gasteiger partial charge in [0, 0.05) is 18.9 Å². The summed E-state index contributed by atoms with van der Waals surface area (Å²) < 4.78 is 5.79. The average molecular weight is 246 g/mol. The van der Waals surface area contributed by atoms with E-state index in [2.05, 4.69) is 13.8 Å². The summed E-state index contributed by atoms with van der Waals surface area (Å²) in [4.78, 5) is 12.3. The molecular formula is C16H22O2. The highest BCUT2D eigenvalue weighted by Gasteiger charge is 2.34. The van der Waals surface area contributed by atoms with Crippen molar-refractivity contribution < 1.29 is 9.53 Å². The Morgan fingerprint density at radius 3 is 2.78 bits per heavy atom. The lowest BCUT2D eigenvalue weighted by atomic mass is 9.81. The van der Waals surface area contributed by atoms with Crippen molar-refractivity contribution in [3.05, 3.63) is 35.9 Å². The number of benzene rings is 1. The van der Waals surface area contributed by atoms with E-state index >= 15 is 0 Å². The minimum Gasteiger partial charge on any atom is -0.375 e. The van der Waals surface area contributed by atoms with Crippen LogP contribution >= 0.6 is 0 Å². The molecule has 0 N–H and O–H groups in total. The second kappa shape index (κ2) is 5.66. The predicted molar refractivity (Wildman–Crippen MR) is 72.5 cm³/mol. The molecule has 1 aliphatic heterocycles. The molecule has 2 rings (SSSR count). The van der Waals surface area contributed by atoms with Crippen molar-refractivity contribution in [3.63, 3.8) is 0 Å². The van der Waals surface area contributed by atoms with E-state index in [9.17, 15) is 4.79 Å². The van der Waals surface area contributed by atoms with Crippen LogP contribution in [0.4, 0.5) is 0 Å². The third-order valence-corrected chi connectivity index (χ3v) is 4.02. The molecule has 2 heteroatoms. The van der Waals surface area contributed by atoms with Gasteiger partial charge in [0.25, 0.3) is 0 Å². The molecule has 0 saturated carbocycles. The smallest absolute Gasteiger partial charge is 0.140 e. The van der Waals surface area contributed by atoms with Crippen molar-refractivity contribution in [1.29, 1.82) is 0 Å². The Labute approximate surface area is 109 Å². The molecule has 0 radical (unpaired) electrons. The lowest BCUT2D eigenvalue weighted by molar-refractivity contribution is -0.134. The maximum absolute atomic E-state index is 12.3. The summed E-state index contributed by atoms with van der Waals surface area (Å²) >= 11 is 0. The SMILES string of the molecule is CC[C@]1(C)C[C@H](C(=O)Cc2ccccc2)CCO1. The van der Waals surface area contributed by atoms with Crippen LogP contribution in [0.5, 0.6) is 0 Å². The third kappa shape index (κ3) is 3.20. The van der Waals surface area contributed by atoms with Crippen LogP contribution in [0.1, 0.15) is 38.7 Å². The Morgan fingerprint density at radius 2 is 2.11 bits per heavy atom. The summed E-state index contributed by atoms with van der Waals surface area (Å²) in [5.74, 6) is 0.535. The summed E-state index contributed by atoms with van der Waals surface area (Å²) in [6, 6.07) is 10.0. The Balaban J connectivity index is 1.97. The lowest BCUT2D eigenvalue weighted by Crippen LogP contribution is -2.39. The molecule has 18 heavy (non-hydrogen) atoms. The number of hydrogen-bond acceptors (Lipinski definition) is 2. The van der Waals surface area contributed by atoms with E-state index in [1.807, 2.05) is 30.3 Å². The number of hydrogen-bond donors (Lipinski definition) is 0. The number of ether oxygens (including phenoxy) is 1. The van der Waals surface area contributed by atoms with Gasteiger partial charge in [-0.3, -0.25) is 4.79 Å². The summed E-state index contributed by atoms with van der Waals surface area (Å²) in [6.07, 6.45) is 3.28. The fourth-order valence-corrected chi connectivity index (χ4v) is 2.59. The van der Waals surface area contributed by atoms with Crippen molar-refractivity contribution in [3.8, 4) is 0 Å². The van der Waals surface area contributed by atoms with Gasteiger partial charge in [-0.25, -0.2) is 0 Å². The normalized spacial score (nSPS) is 28.0. The molecule has 0 aromatic heterocycles. The van der Waals surface area contributed by atoms with Crippen molar-refractivity contribution in [2.24, 2.45) is 5.92 Å². The molecule has 0 unspecified atom stereocenters. The zero-order valence-electron chi connectivity index (χ0n) is 11.3. The first-order valence-electron chi connectivity index (χ1n) is 6.83. The molecule has 0 amide bonds. The molecule has 1 heterocycles. The van der Waals surface area contributed by atoms with Crippen LogP contribution in [-0.2, 0) is 16.0 Å².